The molecule has 2 heterocycles. The lowest BCUT2D eigenvalue weighted by Crippen LogP contribution is -2.43. The van der Waals surface area contributed by atoms with Crippen molar-refractivity contribution in [3.8, 4) is 11.3 Å². The lowest BCUT2D eigenvalue weighted by Gasteiger charge is -2.48. The maximum absolute atomic E-state index is 6.47. The molecule has 0 amide bonds. The van der Waals surface area contributed by atoms with Crippen LogP contribution < -0.4 is 0 Å². The van der Waals surface area contributed by atoms with E-state index in [1.165, 1.54) is 49.0 Å². The van der Waals surface area contributed by atoms with Gasteiger partial charge in [0.1, 0.15) is 11.2 Å². The molecule has 0 saturated heterocycles. The van der Waals surface area contributed by atoms with Gasteiger partial charge in [-0.15, -0.1) is 0 Å². The van der Waals surface area contributed by atoms with E-state index < -0.39 is 0 Å². The number of benzene rings is 4. The highest BCUT2D eigenvalue weighted by molar-refractivity contribution is 6.22. The molecule has 7 rings (SSSR count). The molecule has 1 aliphatic rings. The molecule has 0 aliphatic heterocycles. The fourth-order valence-electron chi connectivity index (χ4n) is 5.99. The second kappa shape index (κ2) is 6.02. The Hall–Kier alpha value is -3.65. The molecule has 0 atom stereocenters. The Bertz CT molecular complexity index is 1770. The molecular weight excluding hydrogens is 402 g/mol. The van der Waals surface area contributed by atoms with Crippen molar-refractivity contribution in [1.82, 2.24) is 4.98 Å². The Labute approximate surface area is 192 Å². The van der Waals surface area contributed by atoms with Gasteiger partial charge in [0.25, 0.3) is 0 Å². The van der Waals surface area contributed by atoms with E-state index in [1.54, 1.807) is 0 Å². The monoisotopic (exact) mass is 427 g/mol. The number of hydrogen-bond donors (Lipinski definition) is 0. The summed E-state index contributed by atoms with van der Waals surface area (Å²) in [6.07, 6.45) is 1.91. The molecule has 0 spiro atoms. The largest absolute Gasteiger partial charge is 0.456 e. The number of nitrogens with zero attached hydrogens (tertiary/aromatic N) is 1. The normalized spacial score (nSPS) is 16.4. The predicted molar refractivity (Wildman–Crippen MR) is 138 cm³/mol. The van der Waals surface area contributed by atoms with E-state index in [4.69, 9.17) is 9.40 Å². The van der Waals surface area contributed by atoms with E-state index >= 15 is 0 Å². The molecule has 2 aromatic heterocycles. The van der Waals surface area contributed by atoms with Crippen LogP contribution in [0.3, 0.4) is 0 Å². The van der Waals surface area contributed by atoms with E-state index in [2.05, 4.69) is 100 Å². The van der Waals surface area contributed by atoms with Crippen molar-refractivity contribution in [2.75, 3.05) is 0 Å². The molecule has 6 aromatic rings. The van der Waals surface area contributed by atoms with Crippen LogP contribution in [0, 0.1) is 0 Å². The average Bonchev–Trinajstić information content (AvgIpc) is 3.20. The quantitative estimate of drug-likeness (QED) is 0.227. The average molecular weight is 428 g/mol. The highest BCUT2D eigenvalue weighted by Crippen LogP contribution is 2.56. The molecule has 4 aromatic carbocycles. The number of fused-ring (bicyclic) bond motifs is 10. The summed E-state index contributed by atoms with van der Waals surface area (Å²) in [4.78, 5) is 4.87. The minimum Gasteiger partial charge on any atom is -0.456 e. The van der Waals surface area contributed by atoms with Crippen molar-refractivity contribution in [3.05, 3.63) is 90.1 Å². The first-order valence-electron chi connectivity index (χ1n) is 11.6. The predicted octanol–water partition coefficient (Wildman–Crippen LogP) is 8.52. The number of rotatable bonds is 0. The Kier molecular flexibility index (Phi) is 3.44. The SMILES string of the molecule is CC1(C)c2cccnc2-c2ccc3oc4ccc5cc6ccccc6cc5c4c3c2C1(C)C. The first-order valence-corrected chi connectivity index (χ1v) is 11.6. The molecule has 2 heteroatoms. The van der Waals surface area contributed by atoms with Crippen molar-refractivity contribution in [1.29, 1.82) is 0 Å². The standard InChI is InChI=1S/C31H25NO/c1-30(2)23-10-7-15-32-29(23)21-12-14-25-27(28(21)31(30,3)4)26-22-17-19-9-6-5-8-18(19)16-20(22)11-13-24(26)33-25/h5-17H,1-4H3. The third kappa shape index (κ3) is 2.26. The molecule has 0 unspecified atom stereocenters. The summed E-state index contributed by atoms with van der Waals surface area (Å²) in [7, 11) is 0. The van der Waals surface area contributed by atoms with Crippen LogP contribution in [0.5, 0.6) is 0 Å². The summed E-state index contributed by atoms with van der Waals surface area (Å²) < 4.78 is 6.47. The lowest BCUT2D eigenvalue weighted by molar-refractivity contribution is 0.300. The summed E-state index contributed by atoms with van der Waals surface area (Å²) >= 11 is 0. The van der Waals surface area contributed by atoms with Crippen LogP contribution in [-0.4, -0.2) is 4.98 Å². The van der Waals surface area contributed by atoms with E-state index in [0.717, 1.165) is 16.9 Å². The van der Waals surface area contributed by atoms with Crippen LogP contribution in [0.15, 0.2) is 83.4 Å². The van der Waals surface area contributed by atoms with Gasteiger partial charge >= 0.3 is 0 Å². The van der Waals surface area contributed by atoms with Gasteiger partial charge in [0.2, 0.25) is 0 Å². The first kappa shape index (κ1) is 18.9. The summed E-state index contributed by atoms with van der Waals surface area (Å²) in [5.41, 5.74) is 6.67. The highest BCUT2D eigenvalue weighted by atomic mass is 16.3. The van der Waals surface area contributed by atoms with Gasteiger partial charge in [-0.05, 0) is 69.1 Å². The molecule has 0 N–H and O–H groups in total. The van der Waals surface area contributed by atoms with Crippen molar-refractivity contribution in [2.24, 2.45) is 0 Å². The summed E-state index contributed by atoms with van der Waals surface area (Å²) in [5.74, 6) is 0. The lowest BCUT2D eigenvalue weighted by atomic mass is 9.55. The maximum Gasteiger partial charge on any atom is 0.136 e. The van der Waals surface area contributed by atoms with Gasteiger partial charge in [-0.2, -0.15) is 0 Å². The van der Waals surface area contributed by atoms with Crippen LogP contribution in [0.25, 0.3) is 54.7 Å². The molecule has 1 aliphatic carbocycles. The van der Waals surface area contributed by atoms with Gasteiger partial charge in [-0.3, -0.25) is 4.98 Å². The number of hydrogen-bond acceptors (Lipinski definition) is 2. The van der Waals surface area contributed by atoms with Gasteiger partial charge < -0.3 is 4.42 Å². The van der Waals surface area contributed by atoms with E-state index in [0.29, 0.717) is 0 Å². The molecule has 0 radical (unpaired) electrons. The zero-order chi connectivity index (χ0) is 22.5. The molecular formula is C31H25NO. The topological polar surface area (TPSA) is 26.0 Å². The zero-order valence-electron chi connectivity index (χ0n) is 19.4. The van der Waals surface area contributed by atoms with E-state index in [1.807, 2.05) is 6.20 Å². The van der Waals surface area contributed by atoms with E-state index in [-0.39, 0.29) is 10.8 Å². The van der Waals surface area contributed by atoms with Crippen molar-refractivity contribution >= 4 is 43.5 Å². The third-order valence-electron chi connectivity index (χ3n) is 8.41. The highest BCUT2D eigenvalue weighted by Gasteiger charge is 2.47. The van der Waals surface area contributed by atoms with Crippen LogP contribution in [-0.2, 0) is 10.8 Å². The van der Waals surface area contributed by atoms with Crippen LogP contribution in [0.4, 0.5) is 0 Å². The van der Waals surface area contributed by atoms with Gasteiger partial charge in [-0.25, -0.2) is 0 Å². The first-order chi connectivity index (χ1) is 15.9. The molecule has 0 fully saturated rings. The smallest absolute Gasteiger partial charge is 0.136 e. The molecule has 33 heavy (non-hydrogen) atoms. The Balaban J connectivity index is 1.73. The second-order valence-corrected chi connectivity index (χ2v) is 10.5. The van der Waals surface area contributed by atoms with Crippen LogP contribution in [0.2, 0.25) is 0 Å². The van der Waals surface area contributed by atoms with Gasteiger partial charge in [-0.1, -0.05) is 64.1 Å². The van der Waals surface area contributed by atoms with E-state index in [9.17, 15) is 0 Å². The summed E-state index contributed by atoms with van der Waals surface area (Å²) in [6, 6.07) is 26.2. The number of aromatic nitrogens is 1. The van der Waals surface area contributed by atoms with Crippen LogP contribution >= 0.6 is 0 Å². The van der Waals surface area contributed by atoms with Crippen molar-refractivity contribution in [3.63, 3.8) is 0 Å². The van der Waals surface area contributed by atoms with Crippen LogP contribution in [0.1, 0.15) is 38.8 Å². The maximum atomic E-state index is 6.47. The summed E-state index contributed by atoms with van der Waals surface area (Å²) in [5, 5.41) is 7.46. The fourth-order valence-corrected chi connectivity index (χ4v) is 5.99. The Morgan fingerprint density at radius 1 is 0.667 bits per heavy atom. The Morgan fingerprint density at radius 2 is 1.39 bits per heavy atom. The summed E-state index contributed by atoms with van der Waals surface area (Å²) in [6.45, 7) is 9.45. The van der Waals surface area contributed by atoms with Crippen molar-refractivity contribution in [2.45, 2.75) is 38.5 Å². The zero-order valence-corrected chi connectivity index (χ0v) is 19.4. The Morgan fingerprint density at radius 3 is 2.21 bits per heavy atom. The molecule has 0 saturated carbocycles. The molecule has 0 bridgehead atoms. The van der Waals surface area contributed by atoms with Gasteiger partial charge in [0.15, 0.2) is 0 Å². The minimum atomic E-state index is -0.117. The van der Waals surface area contributed by atoms with Crippen molar-refractivity contribution < 1.29 is 4.42 Å². The second-order valence-electron chi connectivity index (χ2n) is 10.5. The molecule has 160 valence electrons. The number of pyridine rings is 1. The minimum absolute atomic E-state index is 0.0846. The van der Waals surface area contributed by atoms with Gasteiger partial charge in [0.05, 0.1) is 5.69 Å². The fraction of sp³-hybridized carbons (Fsp3) is 0.194. The molecule has 2 nitrogen and oxygen atoms in total. The third-order valence-corrected chi connectivity index (χ3v) is 8.41. The number of furan rings is 1. The van der Waals surface area contributed by atoms with Gasteiger partial charge in [0, 0.05) is 33.4 Å².